The zero-order chi connectivity index (χ0) is 16.8. The Hall–Kier alpha value is -2.60. The lowest BCUT2D eigenvalue weighted by molar-refractivity contribution is 0.0958. The van der Waals surface area contributed by atoms with E-state index in [0.29, 0.717) is 24.3 Å². The van der Waals surface area contributed by atoms with Gasteiger partial charge in [-0.2, -0.15) is 0 Å². The minimum atomic E-state index is -0.258. The fourth-order valence-corrected chi connectivity index (χ4v) is 3.08. The molecule has 0 unspecified atom stereocenters. The van der Waals surface area contributed by atoms with E-state index in [9.17, 15) is 9.18 Å². The predicted octanol–water partition coefficient (Wildman–Crippen LogP) is 3.24. The molecule has 24 heavy (non-hydrogen) atoms. The molecule has 1 aromatic carbocycles. The molecule has 3 aromatic rings. The maximum Gasteiger partial charge on any atom is 0.263 e. The van der Waals surface area contributed by atoms with Crippen LogP contribution in [0.2, 0.25) is 0 Å². The van der Waals surface area contributed by atoms with Gasteiger partial charge in [-0.05, 0) is 29.8 Å². The molecule has 0 saturated heterocycles. The fraction of sp³-hybridized carbons (Fsp3) is 0.167. The van der Waals surface area contributed by atoms with E-state index in [4.69, 9.17) is 0 Å². The maximum absolute atomic E-state index is 12.9. The summed E-state index contributed by atoms with van der Waals surface area (Å²) < 4.78 is 12.9. The van der Waals surface area contributed by atoms with Crippen LogP contribution in [0.5, 0.6) is 0 Å². The normalized spacial score (nSPS) is 10.5. The van der Waals surface area contributed by atoms with Crippen LogP contribution in [-0.2, 0) is 12.8 Å². The van der Waals surface area contributed by atoms with Gasteiger partial charge in [0.05, 0.1) is 11.2 Å². The molecule has 0 radical (unpaired) electrons. The van der Waals surface area contributed by atoms with Crippen LogP contribution in [0.3, 0.4) is 0 Å². The Kier molecular flexibility index (Phi) is 5.28. The fourth-order valence-electron chi connectivity index (χ4n) is 2.21. The summed E-state index contributed by atoms with van der Waals surface area (Å²) in [4.78, 5) is 21.2. The average Bonchev–Trinajstić information content (AvgIpc) is 3.06. The first-order valence-corrected chi connectivity index (χ1v) is 8.39. The van der Waals surface area contributed by atoms with Gasteiger partial charge >= 0.3 is 0 Å². The number of nitrogens with zero attached hydrogens (tertiary/aromatic N) is 2. The summed E-state index contributed by atoms with van der Waals surface area (Å²) in [6.07, 6.45) is 4.60. The monoisotopic (exact) mass is 341 g/mol. The molecule has 0 bridgehead atoms. The quantitative estimate of drug-likeness (QED) is 0.749. The van der Waals surface area contributed by atoms with Crippen LogP contribution in [0.1, 0.15) is 25.9 Å². The number of benzene rings is 1. The number of pyridine rings is 1. The van der Waals surface area contributed by atoms with Crippen LogP contribution in [0, 0.1) is 5.82 Å². The number of nitrogens with one attached hydrogen (secondary N) is 1. The highest BCUT2D eigenvalue weighted by Gasteiger charge is 2.10. The first kappa shape index (κ1) is 16.3. The van der Waals surface area contributed by atoms with Gasteiger partial charge in [0.1, 0.15) is 10.7 Å². The molecule has 6 heteroatoms. The molecule has 4 nitrogen and oxygen atoms in total. The van der Waals surface area contributed by atoms with Crippen LogP contribution in [-0.4, -0.2) is 22.4 Å². The molecule has 1 amide bonds. The highest BCUT2D eigenvalue weighted by Crippen LogP contribution is 2.17. The zero-order valence-electron chi connectivity index (χ0n) is 12.9. The van der Waals surface area contributed by atoms with Gasteiger partial charge in [0.15, 0.2) is 0 Å². The first-order chi connectivity index (χ1) is 11.7. The Balaban J connectivity index is 1.52. The lowest BCUT2D eigenvalue weighted by atomic mass is 10.2. The molecule has 2 heterocycles. The van der Waals surface area contributed by atoms with Crippen LogP contribution in [0.4, 0.5) is 4.39 Å². The second-order valence-electron chi connectivity index (χ2n) is 5.25. The highest BCUT2D eigenvalue weighted by atomic mass is 32.1. The summed E-state index contributed by atoms with van der Waals surface area (Å²) in [5.74, 6) is -0.389. The van der Waals surface area contributed by atoms with Gasteiger partial charge in [0.2, 0.25) is 0 Å². The first-order valence-electron chi connectivity index (χ1n) is 7.58. The molecule has 0 spiro atoms. The summed E-state index contributed by atoms with van der Waals surface area (Å²) in [5.41, 5.74) is 1.91. The minimum absolute atomic E-state index is 0.131. The number of rotatable bonds is 6. The number of carbonyl (C=O) groups is 1. The Morgan fingerprint density at radius 2 is 1.96 bits per heavy atom. The van der Waals surface area contributed by atoms with Gasteiger partial charge in [-0.3, -0.25) is 9.78 Å². The Bertz CT molecular complexity index is 803. The van der Waals surface area contributed by atoms with Crippen molar-refractivity contribution in [3.05, 3.63) is 81.8 Å². The number of thiazole rings is 1. The highest BCUT2D eigenvalue weighted by molar-refractivity contribution is 7.13. The van der Waals surface area contributed by atoms with Crippen LogP contribution < -0.4 is 5.32 Å². The lowest BCUT2D eigenvalue weighted by Gasteiger charge is -2.02. The van der Waals surface area contributed by atoms with Gasteiger partial charge in [-0.25, -0.2) is 9.37 Å². The largest absolute Gasteiger partial charge is 0.351 e. The van der Waals surface area contributed by atoms with E-state index in [2.05, 4.69) is 15.3 Å². The molecule has 3 rings (SSSR count). The summed E-state index contributed by atoms with van der Waals surface area (Å²) >= 11 is 1.35. The molecule has 0 fully saturated rings. The third-order valence-electron chi connectivity index (χ3n) is 3.44. The van der Waals surface area contributed by atoms with Crippen molar-refractivity contribution in [3.8, 4) is 0 Å². The molecule has 0 aliphatic heterocycles. The number of hydrogen-bond donors (Lipinski definition) is 1. The lowest BCUT2D eigenvalue weighted by Crippen LogP contribution is -2.25. The van der Waals surface area contributed by atoms with E-state index < -0.39 is 0 Å². The number of carbonyl (C=O) groups excluding carboxylic acids is 1. The van der Waals surface area contributed by atoms with Crippen molar-refractivity contribution in [1.82, 2.24) is 15.3 Å². The van der Waals surface area contributed by atoms with Crippen molar-refractivity contribution >= 4 is 17.2 Å². The van der Waals surface area contributed by atoms with E-state index in [1.165, 1.54) is 23.5 Å². The third kappa shape index (κ3) is 4.45. The Morgan fingerprint density at radius 3 is 2.71 bits per heavy atom. The zero-order valence-corrected chi connectivity index (χ0v) is 13.7. The van der Waals surface area contributed by atoms with Crippen molar-refractivity contribution < 1.29 is 9.18 Å². The van der Waals surface area contributed by atoms with Crippen molar-refractivity contribution in [3.63, 3.8) is 0 Å². The van der Waals surface area contributed by atoms with E-state index in [0.717, 1.165) is 16.3 Å². The molecule has 122 valence electrons. The number of amides is 1. The molecule has 0 saturated carbocycles. The Morgan fingerprint density at radius 1 is 1.12 bits per heavy atom. The van der Waals surface area contributed by atoms with Gasteiger partial charge in [0.25, 0.3) is 5.91 Å². The standard InChI is InChI=1S/C18H16FN3OS/c19-14-6-4-13(5-7-14)11-17-22-12-16(24-17)18(23)21-10-8-15-3-1-2-9-20-15/h1-7,9,12H,8,10-11H2,(H,21,23). The molecular weight excluding hydrogens is 325 g/mol. The van der Waals surface area contributed by atoms with E-state index in [-0.39, 0.29) is 11.7 Å². The minimum Gasteiger partial charge on any atom is -0.351 e. The van der Waals surface area contributed by atoms with Gasteiger partial charge in [0, 0.05) is 31.3 Å². The van der Waals surface area contributed by atoms with E-state index in [1.54, 1.807) is 24.5 Å². The second kappa shape index (κ2) is 7.79. The topological polar surface area (TPSA) is 54.9 Å². The van der Waals surface area contributed by atoms with Crippen LogP contribution in [0.25, 0.3) is 0 Å². The molecular formula is C18H16FN3OS. The van der Waals surface area contributed by atoms with Crippen molar-refractivity contribution in [2.24, 2.45) is 0 Å². The molecule has 0 aliphatic rings. The molecule has 0 aliphatic carbocycles. The van der Waals surface area contributed by atoms with Crippen LogP contribution in [0.15, 0.2) is 54.9 Å². The second-order valence-corrected chi connectivity index (χ2v) is 6.36. The van der Waals surface area contributed by atoms with Gasteiger partial charge < -0.3 is 5.32 Å². The van der Waals surface area contributed by atoms with Gasteiger partial charge in [-0.1, -0.05) is 18.2 Å². The molecule has 1 N–H and O–H groups in total. The van der Waals surface area contributed by atoms with Gasteiger partial charge in [-0.15, -0.1) is 11.3 Å². The Labute approximate surface area is 143 Å². The SMILES string of the molecule is O=C(NCCc1ccccn1)c1cnc(Cc2ccc(F)cc2)s1. The summed E-state index contributed by atoms with van der Waals surface area (Å²) in [6.45, 7) is 0.529. The number of aromatic nitrogens is 2. The smallest absolute Gasteiger partial charge is 0.263 e. The molecule has 2 aromatic heterocycles. The number of hydrogen-bond acceptors (Lipinski definition) is 4. The molecule has 0 atom stereocenters. The number of halogens is 1. The summed E-state index contributed by atoms with van der Waals surface area (Å²) in [6, 6.07) is 12.0. The average molecular weight is 341 g/mol. The van der Waals surface area contributed by atoms with Crippen LogP contribution >= 0.6 is 11.3 Å². The van der Waals surface area contributed by atoms with Crippen molar-refractivity contribution in [2.75, 3.05) is 6.54 Å². The maximum atomic E-state index is 12.9. The van der Waals surface area contributed by atoms with Crippen molar-refractivity contribution in [2.45, 2.75) is 12.8 Å². The van der Waals surface area contributed by atoms with E-state index in [1.807, 2.05) is 18.2 Å². The summed E-state index contributed by atoms with van der Waals surface area (Å²) in [5, 5.41) is 3.70. The summed E-state index contributed by atoms with van der Waals surface area (Å²) in [7, 11) is 0. The third-order valence-corrected chi connectivity index (χ3v) is 4.43. The van der Waals surface area contributed by atoms with Crippen molar-refractivity contribution in [1.29, 1.82) is 0 Å². The van der Waals surface area contributed by atoms with E-state index >= 15 is 0 Å². The predicted molar refractivity (Wildman–Crippen MR) is 91.6 cm³/mol.